The van der Waals surface area contributed by atoms with Crippen LogP contribution in [0.3, 0.4) is 0 Å². The van der Waals surface area contributed by atoms with Gasteiger partial charge in [0, 0.05) is 34.8 Å². The summed E-state index contributed by atoms with van der Waals surface area (Å²) in [5.74, 6) is -0.424. The molecular weight excluding hydrogens is 474 g/mol. The highest BCUT2D eigenvalue weighted by Crippen LogP contribution is 2.34. The van der Waals surface area contributed by atoms with Gasteiger partial charge in [0.05, 0.1) is 16.9 Å². The Balaban J connectivity index is 0.00000342. The number of halogens is 2. The third-order valence-corrected chi connectivity index (χ3v) is 6.09. The van der Waals surface area contributed by atoms with Crippen molar-refractivity contribution >= 4 is 33.2 Å². The van der Waals surface area contributed by atoms with Crippen molar-refractivity contribution in [1.82, 2.24) is 4.98 Å². The van der Waals surface area contributed by atoms with Gasteiger partial charge in [0.1, 0.15) is 42.2 Å². The summed E-state index contributed by atoms with van der Waals surface area (Å²) in [5.41, 5.74) is 8.37. The average molecular weight is 501 g/mol. The molecule has 0 unspecified atom stereocenters. The molecule has 0 aliphatic rings. The van der Waals surface area contributed by atoms with Crippen LogP contribution in [0.5, 0.6) is 11.5 Å². The molecule has 0 fully saturated rings. The van der Waals surface area contributed by atoms with Gasteiger partial charge in [-0.2, -0.15) is 0 Å². The topological polar surface area (TPSA) is 83.7 Å². The molecule has 4 aromatic rings. The first-order valence-corrected chi connectivity index (χ1v) is 11.4. The molecule has 0 saturated heterocycles. The Morgan fingerprint density at radius 1 is 1.06 bits per heavy atom. The number of benzene rings is 2. The van der Waals surface area contributed by atoms with Gasteiger partial charge in [-0.25, -0.2) is 18.6 Å². The fourth-order valence-electron chi connectivity index (χ4n) is 3.43. The van der Waals surface area contributed by atoms with Crippen LogP contribution in [-0.4, -0.2) is 17.6 Å². The zero-order valence-electron chi connectivity index (χ0n) is 18.6. The smallest absolute Gasteiger partial charge is 0.341 e. The summed E-state index contributed by atoms with van der Waals surface area (Å²) in [7, 11) is 0. The Hall–Kier alpha value is -3.72. The van der Waals surface area contributed by atoms with E-state index in [2.05, 4.69) is 4.98 Å². The Morgan fingerprint density at radius 3 is 2.40 bits per heavy atom. The number of nitrogens with zero attached hydrogens (tertiary/aromatic N) is 1. The fourth-order valence-corrected chi connectivity index (χ4v) is 4.49. The van der Waals surface area contributed by atoms with E-state index in [0.29, 0.717) is 33.0 Å². The summed E-state index contributed by atoms with van der Waals surface area (Å²) in [6.45, 7) is 4.02. The number of carbonyl (C=O) groups excluding carboxylic acids is 1. The van der Waals surface area contributed by atoms with Gasteiger partial charge in [0.15, 0.2) is 0 Å². The van der Waals surface area contributed by atoms with Gasteiger partial charge < -0.3 is 19.9 Å². The lowest BCUT2D eigenvalue weighted by Gasteiger charge is -2.12. The second kappa shape index (κ2) is 11.1. The normalized spacial score (nSPS) is 10.6. The van der Waals surface area contributed by atoms with Gasteiger partial charge in [0.2, 0.25) is 0 Å². The van der Waals surface area contributed by atoms with E-state index < -0.39 is 17.6 Å². The molecule has 9 heteroatoms. The molecule has 2 aromatic carbocycles. The number of carbonyl (C=O) groups is 1. The van der Waals surface area contributed by atoms with Crippen LogP contribution in [0.1, 0.15) is 41.4 Å². The molecule has 0 atom stereocenters. The van der Waals surface area contributed by atoms with E-state index in [0.717, 1.165) is 17.2 Å². The zero-order chi connectivity index (χ0) is 24.2. The van der Waals surface area contributed by atoms with Gasteiger partial charge in [-0.3, -0.25) is 0 Å². The van der Waals surface area contributed by atoms with E-state index in [1.165, 1.54) is 29.7 Å². The minimum absolute atomic E-state index is 0. The number of aromatic nitrogens is 1. The molecule has 0 aliphatic carbocycles. The molecule has 4 rings (SSSR count). The second-order valence-corrected chi connectivity index (χ2v) is 8.42. The number of ether oxygens (including phenoxy) is 3. The van der Waals surface area contributed by atoms with Crippen LogP contribution in [0.2, 0.25) is 0 Å². The minimum Gasteiger partial charge on any atom is -0.489 e. The van der Waals surface area contributed by atoms with Gasteiger partial charge >= 0.3 is 5.97 Å². The number of hydrogen-bond acceptors (Lipinski definition) is 7. The highest BCUT2D eigenvalue weighted by atomic mass is 32.1. The first kappa shape index (κ1) is 25.9. The molecule has 2 heterocycles. The Labute approximate surface area is 206 Å². The van der Waals surface area contributed by atoms with E-state index >= 15 is 0 Å². The lowest BCUT2D eigenvalue weighted by Crippen LogP contribution is -2.06. The maximum absolute atomic E-state index is 13.9. The monoisotopic (exact) mass is 500 g/mol. The molecule has 0 saturated carbocycles. The van der Waals surface area contributed by atoms with Crippen LogP contribution in [0.15, 0.2) is 48.0 Å². The maximum Gasteiger partial charge on any atom is 0.341 e. The Morgan fingerprint density at radius 2 is 1.74 bits per heavy atom. The van der Waals surface area contributed by atoms with Crippen molar-refractivity contribution in [2.75, 3.05) is 12.3 Å². The molecular formula is C26H26F2N2O4S. The Bertz CT molecular complexity index is 1360. The number of anilines is 1. The second-order valence-electron chi connectivity index (χ2n) is 7.54. The van der Waals surface area contributed by atoms with Gasteiger partial charge in [-0.1, -0.05) is 7.43 Å². The SMILES string of the molecule is C.CCOC(=O)c1cnc(N)c2c(COc3cc(C)cc(OCc4ccc(F)cc4F)c3)csc12. The van der Waals surface area contributed by atoms with Crippen LogP contribution in [0, 0.1) is 18.6 Å². The largest absolute Gasteiger partial charge is 0.489 e. The predicted molar refractivity (Wildman–Crippen MR) is 133 cm³/mol. The minimum atomic E-state index is -0.665. The molecule has 6 nitrogen and oxygen atoms in total. The fraction of sp³-hybridized carbons (Fsp3) is 0.231. The van der Waals surface area contributed by atoms with E-state index in [9.17, 15) is 13.6 Å². The van der Waals surface area contributed by atoms with Gasteiger partial charge in [0.25, 0.3) is 0 Å². The van der Waals surface area contributed by atoms with E-state index in [1.54, 1.807) is 19.1 Å². The predicted octanol–water partition coefficient (Wildman–Crippen LogP) is 6.44. The first-order chi connectivity index (χ1) is 16.4. The van der Waals surface area contributed by atoms with Crippen molar-refractivity contribution in [2.45, 2.75) is 34.5 Å². The summed E-state index contributed by atoms with van der Waals surface area (Å²) < 4.78 is 44.5. The number of esters is 1. The number of aryl methyl sites for hydroxylation is 1. The summed E-state index contributed by atoms with van der Waals surface area (Å²) in [6.07, 6.45) is 1.42. The molecule has 0 amide bonds. The number of nitrogens with two attached hydrogens (primary N) is 1. The molecule has 0 aliphatic heterocycles. The number of fused-ring (bicyclic) bond motifs is 1. The van der Waals surface area contributed by atoms with Crippen LogP contribution in [-0.2, 0) is 18.0 Å². The van der Waals surface area contributed by atoms with E-state index in [1.807, 2.05) is 18.4 Å². The van der Waals surface area contributed by atoms with E-state index in [4.69, 9.17) is 19.9 Å². The number of thiophene rings is 1. The number of nitrogen functional groups attached to an aromatic ring is 1. The van der Waals surface area contributed by atoms with Crippen molar-refractivity contribution in [3.8, 4) is 11.5 Å². The molecule has 35 heavy (non-hydrogen) atoms. The van der Waals surface area contributed by atoms with Gasteiger partial charge in [-0.15, -0.1) is 11.3 Å². The van der Waals surface area contributed by atoms with E-state index in [-0.39, 0.29) is 32.8 Å². The van der Waals surface area contributed by atoms with Crippen LogP contribution < -0.4 is 15.2 Å². The molecule has 184 valence electrons. The highest BCUT2D eigenvalue weighted by molar-refractivity contribution is 7.17. The molecule has 2 aromatic heterocycles. The molecule has 0 spiro atoms. The van der Waals surface area contributed by atoms with Crippen LogP contribution >= 0.6 is 11.3 Å². The summed E-state index contributed by atoms with van der Waals surface area (Å²) >= 11 is 1.37. The van der Waals surface area contributed by atoms with Crippen molar-refractivity contribution in [3.05, 3.63) is 81.9 Å². The third kappa shape index (κ3) is 5.86. The van der Waals surface area contributed by atoms with Crippen LogP contribution in [0.25, 0.3) is 10.1 Å². The summed E-state index contributed by atoms with van der Waals surface area (Å²) in [5, 5.41) is 2.53. The standard InChI is InChI=1S/C25H22F2N2O4S.CH4/c1-3-31-25(30)20-10-29-24(28)22-16(13-34-23(20)22)12-33-19-7-14(2)6-18(9-19)32-11-15-4-5-17(26)8-21(15)27;/h4-10,13H,3,11-12H2,1-2H3,(H2,28,29);1H4. The van der Waals surface area contributed by atoms with Crippen molar-refractivity contribution in [2.24, 2.45) is 0 Å². The molecule has 2 N–H and O–H groups in total. The van der Waals surface area contributed by atoms with Crippen LogP contribution in [0.4, 0.5) is 14.6 Å². The summed E-state index contributed by atoms with van der Waals surface area (Å²) in [4.78, 5) is 16.4. The number of rotatable bonds is 8. The van der Waals surface area contributed by atoms with Crippen molar-refractivity contribution in [1.29, 1.82) is 0 Å². The van der Waals surface area contributed by atoms with Gasteiger partial charge in [-0.05, 0) is 49.1 Å². The van der Waals surface area contributed by atoms with Crippen molar-refractivity contribution < 1.29 is 27.8 Å². The third-order valence-electron chi connectivity index (χ3n) is 5.02. The lowest BCUT2D eigenvalue weighted by molar-refractivity contribution is 0.0528. The molecule has 0 radical (unpaired) electrons. The quantitative estimate of drug-likeness (QED) is 0.281. The maximum atomic E-state index is 13.9. The Kier molecular flexibility index (Phi) is 8.24. The van der Waals surface area contributed by atoms with Crippen molar-refractivity contribution in [3.63, 3.8) is 0 Å². The summed E-state index contributed by atoms with van der Waals surface area (Å²) in [6, 6.07) is 8.68. The average Bonchev–Trinajstić information content (AvgIpc) is 3.22. The number of pyridine rings is 1. The number of hydrogen-bond donors (Lipinski definition) is 1. The zero-order valence-corrected chi connectivity index (χ0v) is 19.4. The molecule has 0 bridgehead atoms. The first-order valence-electron chi connectivity index (χ1n) is 10.5. The highest BCUT2D eigenvalue weighted by Gasteiger charge is 2.18. The lowest BCUT2D eigenvalue weighted by atomic mass is 10.1.